The van der Waals surface area contributed by atoms with Crippen LogP contribution in [-0.4, -0.2) is 47.0 Å². The van der Waals surface area contributed by atoms with Gasteiger partial charge in [0.1, 0.15) is 17.7 Å². The van der Waals surface area contributed by atoms with E-state index in [4.69, 9.17) is 4.74 Å². The fraction of sp³-hybridized carbons (Fsp3) is 0.500. The first-order valence-electron chi connectivity index (χ1n) is 9.63. The summed E-state index contributed by atoms with van der Waals surface area (Å²) in [7, 11) is 0. The SMILES string of the molecule is C[C@H](NC(C#N)/C=C/c1ccccc1)C(=O)N1CCC[C@H]1C(=O)OC(C)(C)C. The van der Waals surface area contributed by atoms with Crippen LogP contribution in [0, 0.1) is 11.3 Å². The van der Waals surface area contributed by atoms with Crippen LogP contribution in [0.25, 0.3) is 6.08 Å². The highest BCUT2D eigenvalue weighted by atomic mass is 16.6. The van der Waals surface area contributed by atoms with Crippen molar-refractivity contribution in [1.82, 2.24) is 10.2 Å². The molecule has 3 atom stereocenters. The molecule has 1 fully saturated rings. The normalized spacial score (nSPS) is 19.2. The smallest absolute Gasteiger partial charge is 0.329 e. The van der Waals surface area contributed by atoms with Crippen molar-refractivity contribution in [2.75, 3.05) is 6.54 Å². The molecule has 0 saturated carbocycles. The van der Waals surface area contributed by atoms with Gasteiger partial charge >= 0.3 is 5.97 Å². The van der Waals surface area contributed by atoms with Crippen molar-refractivity contribution < 1.29 is 14.3 Å². The number of amides is 1. The Labute approximate surface area is 167 Å². The topological polar surface area (TPSA) is 82.4 Å². The lowest BCUT2D eigenvalue weighted by molar-refractivity contribution is -0.163. The van der Waals surface area contributed by atoms with E-state index in [2.05, 4.69) is 11.4 Å². The Hall–Kier alpha value is -2.65. The van der Waals surface area contributed by atoms with Gasteiger partial charge in [-0.05, 0) is 46.1 Å². The maximum Gasteiger partial charge on any atom is 0.329 e. The molecule has 0 aromatic heterocycles. The molecule has 1 heterocycles. The summed E-state index contributed by atoms with van der Waals surface area (Å²) in [5, 5.41) is 12.4. The molecule has 1 unspecified atom stereocenters. The van der Waals surface area contributed by atoms with Crippen LogP contribution in [0.5, 0.6) is 0 Å². The van der Waals surface area contributed by atoms with Gasteiger partial charge in [0.15, 0.2) is 0 Å². The van der Waals surface area contributed by atoms with E-state index in [-0.39, 0.29) is 11.9 Å². The van der Waals surface area contributed by atoms with Crippen LogP contribution in [0.1, 0.15) is 46.1 Å². The minimum absolute atomic E-state index is 0.193. The first kappa shape index (κ1) is 21.6. The highest BCUT2D eigenvalue weighted by molar-refractivity contribution is 5.88. The number of hydrogen-bond acceptors (Lipinski definition) is 5. The Morgan fingerprint density at radius 1 is 1.32 bits per heavy atom. The van der Waals surface area contributed by atoms with Crippen molar-refractivity contribution in [2.24, 2.45) is 0 Å². The Morgan fingerprint density at radius 2 is 2.00 bits per heavy atom. The molecule has 0 radical (unpaired) electrons. The van der Waals surface area contributed by atoms with Crippen molar-refractivity contribution in [3.63, 3.8) is 0 Å². The van der Waals surface area contributed by atoms with Gasteiger partial charge in [-0.2, -0.15) is 5.26 Å². The summed E-state index contributed by atoms with van der Waals surface area (Å²) in [5.74, 6) is -0.562. The van der Waals surface area contributed by atoms with Crippen LogP contribution in [0.3, 0.4) is 0 Å². The first-order chi connectivity index (χ1) is 13.2. The van der Waals surface area contributed by atoms with E-state index in [1.54, 1.807) is 17.9 Å². The summed E-state index contributed by atoms with van der Waals surface area (Å²) in [6.45, 7) is 7.67. The molecule has 1 aliphatic heterocycles. The van der Waals surface area contributed by atoms with Gasteiger partial charge in [-0.1, -0.05) is 42.5 Å². The van der Waals surface area contributed by atoms with E-state index >= 15 is 0 Å². The minimum atomic E-state index is -0.610. The standard InChI is InChI=1S/C22H29N3O3/c1-16(24-18(15-23)13-12-17-9-6-5-7-10-17)20(26)25-14-8-11-19(25)21(27)28-22(2,3)4/h5-7,9-10,12-13,16,18-19,24H,8,11,14H2,1-4H3/b13-12+/t16-,18?,19-/m0/s1. The van der Waals surface area contributed by atoms with Crippen molar-refractivity contribution in [1.29, 1.82) is 5.26 Å². The first-order valence-corrected chi connectivity index (χ1v) is 9.63. The second kappa shape index (κ2) is 9.52. The van der Waals surface area contributed by atoms with Gasteiger partial charge in [0.2, 0.25) is 5.91 Å². The number of carbonyl (C=O) groups excluding carboxylic acids is 2. The average Bonchev–Trinajstić information content (AvgIpc) is 3.13. The highest BCUT2D eigenvalue weighted by Gasteiger charge is 2.38. The third-order valence-electron chi connectivity index (χ3n) is 4.43. The van der Waals surface area contributed by atoms with E-state index in [0.717, 1.165) is 12.0 Å². The van der Waals surface area contributed by atoms with Gasteiger partial charge in [0.25, 0.3) is 0 Å². The second-order valence-electron chi connectivity index (χ2n) is 7.99. The summed E-state index contributed by atoms with van der Waals surface area (Å²) in [6, 6.07) is 10.0. The van der Waals surface area contributed by atoms with Crippen molar-refractivity contribution in [3.8, 4) is 6.07 Å². The quantitative estimate of drug-likeness (QED) is 0.764. The van der Waals surface area contributed by atoms with Gasteiger partial charge < -0.3 is 9.64 Å². The Balaban J connectivity index is 1.99. The van der Waals surface area contributed by atoms with Gasteiger partial charge in [-0.3, -0.25) is 10.1 Å². The summed E-state index contributed by atoms with van der Waals surface area (Å²) in [4.78, 5) is 26.9. The van der Waals surface area contributed by atoms with Crippen molar-refractivity contribution in [2.45, 2.75) is 64.3 Å². The van der Waals surface area contributed by atoms with E-state index < -0.39 is 23.7 Å². The number of nitrogens with one attached hydrogen (secondary N) is 1. The number of nitrogens with zero attached hydrogens (tertiary/aromatic N) is 2. The van der Waals surface area contributed by atoms with Crippen LogP contribution in [0.2, 0.25) is 0 Å². The van der Waals surface area contributed by atoms with Crippen LogP contribution in [-0.2, 0) is 14.3 Å². The molecule has 6 nitrogen and oxygen atoms in total. The number of rotatable bonds is 6. The van der Waals surface area contributed by atoms with E-state index in [0.29, 0.717) is 13.0 Å². The van der Waals surface area contributed by atoms with Crippen LogP contribution in [0.15, 0.2) is 36.4 Å². The number of carbonyl (C=O) groups is 2. The Bertz CT molecular complexity index is 747. The average molecular weight is 383 g/mol. The fourth-order valence-electron chi connectivity index (χ4n) is 3.14. The van der Waals surface area contributed by atoms with Crippen LogP contribution >= 0.6 is 0 Å². The number of ether oxygens (including phenoxy) is 1. The van der Waals surface area contributed by atoms with Crippen molar-refractivity contribution >= 4 is 18.0 Å². The predicted molar refractivity (Wildman–Crippen MR) is 108 cm³/mol. The van der Waals surface area contributed by atoms with Gasteiger partial charge in [-0.25, -0.2) is 4.79 Å². The molecule has 2 rings (SSSR count). The number of likely N-dealkylation sites (tertiary alicyclic amines) is 1. The Morgan fingerprint density at radius 3 is 2.61 bits per heavy atom. The maximum atomic E-state index is 12.9. The highest BCUT2D eigenvalue weighted by Crippen LogP contribution is 2.22. The third kappa shape index (κ3) is 6.21. The van der Waals surface area contributed by atoms with E-state index in [1.807, 2.05) is 57.2 Å². The molecule has 0 spiro atoms. The molecule has 1 saturated heterocycles. The lowest BCUT2D eigenvalue weighted by Gasteiger charge is -2.29. The molecule has 28 heavy (non-hydrogen) atoms. The zero-order valence-electron chi connectivity index (χ0n) is 17.0. The summed E-state index contributed by atoms with van der Waals surface area (Å²) in [6.07, 6.45) is 4.94. The molecule has 1 amide bonds. The largest absolute Gasteiger partial charge is 0.458 e. The van der Waals surface area contributed by atoms with Gasteiger partial charge in [-0.15, -0.1) is 0 Å². The van der Waals surface area contributed by atoms with Crippen LogP contribution in [0.4, 0.5) is 0 Å². The minimum Gasteiger partial charge on any atom is -0.458 e. The van der Waals surface area contributed by atoms with Crippen molar-refractivity contribution in [3.05, 3.63) is 42.0 Å². The fourth-order valence-corrected chi connectivity index (χ4v) is 3.14. The number of nitriles is 1. The number of hydrogen-bond donors (Lipinski definition) is 1. The number of benzene rings is 1. The molecule has 1 aliphatic rings. The molecule has 6 heteroatoms. The van der Waals surface area contributed by atoms with Crippen LogP contribution < -0.4 is 5.32 Å². The van der Waals surface area contributed by atoms with E-state index in [9.17, 15) is 14.9 Å². The van der Waals surface area contributed by atoms with Gasteiger partial charge in [0, 0.05) is 6.54 Å². The molecule has 1 N–H and O–H groups in total. The molecular formula is C22H29N3O3. The third-order valence-corrected chi connectivity index (χ3v) is 4.43. The molecule has 1 aromatic carbocycles. The summed E-state index contributed by atoms with van der Waals surface area (Å²) in [5.41, 5.74) is 0.389. The zero-order valence-corrected chi connectivity index (χ0v) is 17.0. The molecule has 0 aliphatic carbocycles. The predicted octanol–water partition coefficient (Wildman–Crippen LogP) is 2.90. The zero-order chi connectivity index (χ0) is 20.7. The maximum absolute atomic E-state index is 12.9. The molecular weight excluding hydrogens is 354 g/mol. The summed E-state index contributed by atoms with van der Waals surface area (Å²) >= 11 is 0. The monoisotopic (exact) mass is 383 g/mol. The molecule has 0 bridgehead atoms. The second-order valence-corrected chi connectivity index (χ2v) is 7.99. The lowest BCUT2D eigenvalue weighted by Crippen LogP contribution is -2.51. The van der Waals surface area contributed by atoms with Gasteiger partial charge in [0.05, 0.1) is 12.1 Å². The lowest BCUT2D eigenvalue weighted by atomic mass is 10.1. The summed E-state index contributed by atoms with van der Waals surface area (Å²) < 4.78 is 5.45. The Kier molecular flexibility index (Phi) is 7.36. The molecule has 150 valence electrons. The van der Waals surface area contributed by atoms with E-state index in [1.165, 1.54) is 0 Å². The number of esters is 1. The molecule has 1 aromatic rings.